The summed E-state index contributed by atoms with van der Waals surface area (Å²) in [7, 11) is 0. The number of amides is 2. The number of aliphatic hydroxyl groups excluding tert-OH is 1. The molecule has 0 saturated carbocycles. The van der Waals surface area contributed by atoms with Gasteiger partial charge in [-0.15, -0.1) is 11.3 Å². The molecule has 2 amide bonds. The molecule has 116 valence electrons. The quantitative estimate of drug-likeness (QED) is 0.868. The molecule has 0 unspecified atom stereocenters. The zero-order valence-corrected chi connectivity index (χ0v) is 13.1. The number of rotatable bonds is 5. The maximum absolute atomic E-state index is 12.5. The number of piperidine rings is 1. The first kappa shape index (κ1) is 16.0. The van der Waals surface area contributed by atoms with Gasteiger partial charge in [0.15, 0.2) is 0 Å². The van der Waals surface area contributed by atoms with Crippen molar-refractivity contribution in [3.63, 3.8) is 0 Å². The van der Waals surface area contributed by atoms with Gasteiger partial charge in [0.1, 0.15) is 6.04 Å². The van der Waals surface area contributed by atoms with E-state index < -0.39 is 6.04 Å². The van der Waals surface area contributed by atoms with Crippen molar-refractivity contribution in [1.29, 1.82) is 0 Å². The van der Waals surface area contributed by atoms with Crippen molar-refractivity contribution >= 4 is 23.2 Å². The van der Waals surface area contributed by atoms with Gasteiger partial charge in [-0.2, -0.15) is 0 Å². The summed E-state index contributed by atoms with van der Waals surface area (Å²) in [5.41, 5.74) is 0. The lowest BCUT2D eigenvalue weighted by Gasteiger charge is -2.35. The van der Waals surface area contributed by atoms with E-state index in [-0.39, 0.29) is 24.5 Å². The predicted octanol–water partition coefficient (Wildman–Crippen LogP) is 1.63. The lowest BCUT2D eigenvalue weighted by atomic mass is 10.0. The average Bonchev–Trinajstić information content (AvgIpc) is 3.06. The second kappa shape index (κ2) is 7.56. The highest BCUT2D eigenvalue weighted by Crippen LogP contribution is 2.22. The third-order valence-electron chi connectivity index (χ3n) is 3.86. The lowest BCUT2D eigenvalue weighted by Crippen LogP contribution is -2.54. The molecule has 21 heavy (non-hydrogen) atoms. The van der Waals surface area contributed by atoms with E-state index in [4.69, 9.17) is 0 Å². The van der Waals surface area contributed by atoms with Crippen molar-refractivity contribution in [2.24, 2.45) is 0 Å². The molecule has 1 aromatic heterocycles. The minimum absolute atomic E-state index is 0.0677. The van der Waals surface area contributed by atoms with E-state index in [9.17, 15) is 14.7 Å². The number of hydrogen-bond acceptors (Lipinski definition) is 4. The number of thiophene rings is 1. The van der Waals surface area contributed by atoms with Crippen LogP contribution in [-0.4, -0.2) is 47.1 Å². The number of likely N-dealkylation sites (tertiary alicyclic amines) is 1. The molecule has 0 aliphatic carbocycles. The van der Waals surface area contributed by atoms with Crippen molar-refractivity contribution in [3.8, 4) is 0 Å². The van der Waals surface area contributed by atoms with E-state index in [0.29, 0.717) is 24.3 Å². The summed E-state index contributed by atoms with van der Waals surface area (Å²) in [4.78, 5) is 27.3. The van der Waals surface area contributed by atoms with Crippen LogP contribution in [0, 0.1) is 0 Å². The van der Waals surface area contributed by atoms with Gasteiger partial charge in [-0.1, -0.05) is 13.0 Å². The van der Waals surface area contributed by atoms with Crippen LogP contribution < -0.4 is 5.32 Å². The van der Waals surface area contributed by atoms with E-state index >= 15 is 0 Å². The molecular weight excluding hydrogens is 288 g/mol. The molecule has 1 aliphatic rings. The van der Waals surface area contributed by atoms with E-state index in [2.05, 4.69) is 5.32 Å². The summed E-state index contributed by atoms with van der Waals surface area (Å²) in [6.45, 7) is 2.45. The number of nitrogens with one attached hydrogen (secondary N) is 1. The maximum atomic E-state index is 12.5. The van der Waals surface area contributed by atoms with Gasteiger partial charge in [0.2, 0.25) is 5.91 Å². The Kier molecular flexibility index (Phi) is 5.76. The van der Waals surface area contributed by atoms with Crippen molar-refractivity contribution < 1.29 is 14.7 Å². The standard InChI is InChI=1S/C15H22N2O3S/c1-2-11(10-18)16-14(19)12-6-3-4-8-17(12)15(20)13-7-5-9-21-13/h5,7,9,11-12,18H,2-4,6,8,10H2,1H3,(H,16,19)/t11-,12+/m0/s1. The molecule has 0 bridgehead atoms. The third-order valence-corrected chi connectivity index (χ3v) is 4.72. The van der Waals surface area contributed by atoms with Crippen LogP contribution in [0.25, 0.3) is 0 Å². The summed E-state index contributed by atoms with van der Waals surface area (Å²) in [6, 6.07) is 2.97. The number of hydrogen-bond donors (Lipinski definition) is 2. The van der Waals surface area contributed by atoms with Gasteiger partial charge in [-0.05, 0) is 37.1 Å². The average molecular weight is 310 g/mol. The summed E-state index contributed by atoms with van der Waals surface area (Å²) < 4.78 is 0. The fourth-order valence-electron chi connectivity index (χ4n) is 2.56. The van der Waals surface area contributed by atoms with Gasteiger partial charge in [0.25, 0.3) is 5.91 Å². The minimum atomic E-state index is -0.422. The Morgan fingerprint density at radius 3 is 2.95 bits per heavy atom. The first-order valence-electron chi connectivity index (χ1n) is 7.43. The van der Waals surface area contributed by atoms with Crippen LogP contribution in [-0.2, 0) is 4.79 Å². The Labute approximate surface area is 129 Å². The van der Waals surface area contributed by atoms with Gasteiger partial charge >= 0.3 is 0 Å². The molecule has 2 N–H and O–H groups in total. The Hall–Kier alpha value is -1.40. The maximum Gasteiger partial charge on any atom is 0.264 e. The smallest absolute Gasteiger partial charge is 0.264 e. The van der Waals surface area contributed by atoms with Crippen LogP contribution in [0.2, 0.25) is 0 Å². The van der Waals surface area contributed by atoms with Crippen LogP contribution in [0.4, 0.5) is 0 Å². The summed E-state index contributed by atoms with van der Waals surface area (Å²) in [5, 5.41) is 13.9. The van der Waals surface area contributed by atoms with Gasteiger partial charge in [-0.25, -0.2) is 0 Å². The zero-order chi connectivity index (χ0) is 15.2. The summed E-state index contributed by atoms with van der Waals surface area (Å²) in [5.74, 6) is -0.220. The molecule has 1 saturated heterocycles. The number of carbonyl (C=O) groups is 2. The molecule has 0 spiro atoms. The summed E-state index contributed by atoms with van der Waals surface area (Å²) >= 11 is 1.40. The van der Waals surface area contributed by atoms with E-state index in [1.165, 1.54) is 11.3 Å². The second-order valence-corrected chi connectivity index (χ2v) is 6.23. The molecule has 0 radical (unpaired) electrons. The van der Waals surface area contributed by atoms with Gasteiger partial charge in [-0.3, -0.25) is 9.59 Å². The van der Waals surface area contributed by atoms with Crippen LogP contribution in [0.1, 0.15) is 42.3 Å². The highest BCUT2D eigenvalue weighted by Gasteiger charge is 2.33. The molecule has 1 aromatic rings. The van der Waals surface area contributed by atoms with E-state index in [1.54, 1.807) is 11.0 Å². The zero-order valence-electron chi connectivity index (χ0n) is 12.2. The van der Waals surface area contributed by atoms with E-state index in [1.807, 2.05) is 18.4 Å². The first-order valence-corrected chi connectivity index (χ1v) is 8.31. The Bertz CT molecular complexity index is 471. The Balaban J connectivity index is 2.08. The molecular formula is C15H22N2O3S. The van der Waals surface area contributed by atoms with Crippen molar-refractivity contribution in [1.82, 2.24) is 10.2 Å². The van der Waals surface area contributed by atoms with Crippen LogP contribution >= 0.6 is 11.3 Å². The fraction of sp³-hybridized carbons (Fsp3) is 0.600. The SMILES string of the molecule is CC[C@@H](CO)NC(=O)[C@H]1CCCCN1C(=O)c1cccs1. The van der Waals surface area contributed by atoms with Gasteiger partial charge in [0, 0.05) is 6.54 Å². The number of nitrogens with zero attached hydrogens (tertiary/aromatic N) is 1. The van der Waals surface area contributed by atoms with E-state index in [0.717, 1.165) is 12.8 Å². The molecule has 2 rings (SSSR count). The predicted molar refractivity (Wildman–Crippen MR) is 82.3 cm³/mol. The second-order valence-electron chi connectivity index (χ2n) is 5.28. The normalized spacial score (nSPS) is 20.1. The molecule has 5 nitrogen and oxygen atoms in total. The highest BCUT2D eigenvalue weighted by atomic mass is 32.1. The highest BCUT2D eigenvalue weighted by molar-refractivity contribution is 7.12. The van der Waals surface area contributed by atoms with Gasteiger partial charge < -0.3 is 15.3 Å². The van der Waals surface area contributed by atoms with Crippen molar-refractivity contribution in [2.45, 2.75) is 44.7 Å². The van der Waals surface area contributed by atoms with Crippen molar-refractivity contribution in [3.05, 3.63) is 22.4 Å². The van der Waals surface area contributed by atoms with Crippen LogP contribution in [0.3, 0.4) is 0 Å². The molecule has 1 aliphatic heterocycles. The van der Waals surface area contributed by atoms with Gasteiger partial charge in [0.05, 0.1) is 17.5 Å². The minimum Gasteiger partial charge on any atom is -0.394 e. The Morgan fingerprint density at radius 1 is 1.52 bits per heavy atom. The van der Waals surface area contributed by atoms with Crippen molar-refractivity contribution in [2.75, 3.05) is 13.2 Å². The molecule has 0 aromatic carbocycles. The molecule has 6 heteroatoms. The molecule has 2 heterocycles. The van der Waals surface area contributed by atoms with Crippen LogP contribution in [0.5, 0.6) is 0 Å². The largest absolute Gasteiger partial charge is 0.394 e. The molecule has 2 atom stereocenters. The number of carbonyl (C=O) groups excluding carboxylic acids is 2. The first-order chi connectivity index (χ1) is 10.2. The van der Waals surface area contributed by atoms with Crippen LogP contribution in [0.15, 0.2) is 17.5 Å². The Morgan fingerprint density at radius 2 is 2.33 bits per heavy atom. The summed E-state index contributed by atoms with van der Waals surface area (Å²) in [6.07, 6.45) is 3.24. The monoisotopic (exact) mass is 310 g/mol. The lowest BCUT2D eigenvalue weighted by molar-refractivity contribution is -0.127. The molecule has 1 fully saturated rings. The number of aliphatic hydroxyl groups is 1. The fourth-order valence-corrected chi connectivity index (χ4v) is 3.24. The topological polar surface area (TPSA) is 69.6 Å². The third kappa shape index (κ3) is 3.83.